The molecule has 0 N–H and O–H groups in total. The minimum atomic E-state index is -1.62. The van der Waals surface area contributed by atoms with E-state index in [-0.39, 0.29) is 32.2 Å². The Morgan fingerprint density at radius 2 is 0.588 bits per heavy atom. The van der Waals surface area contributed by atoms with Crippen LogP contribution in [-0.2, 0) is 33.3 Å². The second-order valence-corrected chi connectivity index (χ2v) is 29.4. The van der Waals surface area contributed by atoms with E-state index in [0.717, 1.165) is 83.5 Å². The lowest BCUT2D eigenvalue weighted by Crippen LogP contribution is -2.44. The van der Waals surface area contributed by atoms with Gasteiger partial charge in [-0.3, -0.25) is 9.59 Å². The standard InChI is InChI=1S/C88H159NO8/c1-6-8-10-12-14-16-18-20-22-24-26-28-30-32-34-36-38-40-42-43-45-47-49-51-53-55-57-59-61-63-65-67-69-71-73-75-77-79-86(91)97-84(83-96-88(87(92)93)94-81-80-89(3,4)5)82-95-85(90)78-76-74-72-70-68-66-64-62-60-58-56-54-52-50-48-46-44-41-39-37-35-33-31-29-27-25-23-21-19-17-15-13-11-9-7-2/h8,10,14,16,20,22,26,28,32,34,38,40,43,45,84,88H,6-7,9,11-13,15,17-19,21,23-25,27,29-31,33,35-37,39,41-42,44,46-83H2,1-5H3/b10-8-,16-14-,22-20-,28-26-,34-32-,40-38-,45-43-. The van der Waals surface area contributed by atoms with Gasteiger partial charge in [0.05, 0.1) is 40.3 Å². The Labute approximate surface area is 601 Å². The molecule has 0 rings (SSSR count). The molecule has 0 aliphatic heterocycles. The van der Waals surface area contributed by atoms with Crippen LogP contribution in [0.25, 0.3) is 0 Å². The maximum absolute atomic E-state index is 13.0. The third-order valence-corrected chi connectivity index (χ3v) is 18.7. The highest BCUT2D eigenvalue weighted by Gasteiger charge is 2.22. The molecule has 2 atom stereocenters. The van der Waals surface area contributed by atoms with Crippen LogP contribution < -0.4 is 5.11 Å². The average Bonchev–Trinajstić information content (AvgIpc) is 3.11. The smallest absolute Gasteiger partial charge is 0.306 e. The van der Waals surface area contributed by atoms with E-state index in [1.165, 1.54) is 283 Å². The van der Waals surface area contributed by atoms with Gasteiger partial charge in [-0.15, -0.1) is 0 Å². The van der Waals surface area contributed by atoms with Gasteiger partial charge in [-0.05, 0) is 70.6 Å². The zero-order valence-electron chi connectivity index (χ0n) is 64.7. The predicted molar refractivity (Wildman–Crippen MR) is 417 cm³/mol. The number of hydrogen-bond acceptors (Lipinski definition) is 8. The molecule has 97 heavy (non-hydrogen) atoms. The molecule has 9 nitrogen and oxygen atoms in total. The lowest BCUT2D eigenvalue weighted by Gasteiger charge is -2.26. The molecule has 0 amide bonds. The highest BCUT2D eigenvalue weighted by Crippen LogP contribution is 2.20. The molecule has 0 radical (unpaired) electrons. The van der Waals surface area contributed by atoms with E-state index in [1.54, 1.807) is 0 Å². The van der Waals surface area contributed by atoms with Gasteiger partial charge in [0.1, 0.15) is 13.2 Å². The summed E-state index contributed by atoms with van der Waals surface area (Å²) in [6, 6.07) is 0. The number of carbonyl (C=O) groups excluding carboxylic acids is 3. The van der Waals surface area contributed by atoms with Gasteiger partial charge >= 0.3 is 11.9 Å². The van der Waals surface area contributed by atoms with Crippen molar-refractivity contribution in [3.05, 3.63) is 85.1 Å². The van der Waals surface area contributed by atoms with Gasteiger partial charge < -0.3 is 33.3 Å². The molecule has 0 aliphatic rings. The van der Waals surface area contributed by atoms with Crippen LogP contribution in [0.4, 0.5) is 0 Å². The van der Waals surface area contributed by atoms with Crippen LogP contribution in [0.2, 0.25) is 0 Å². The Hall–Kier alpha value is -3.53. The number of esters is 2. The van der Waals surface area contributed by atoms with E-state index < -0.39 is 24.3 Å². The van der Waals surface area contributed by atoms with Crippen LogP contribution in [0.15, 0.2) is 85.1 Å². The average molecular weight is 1360 g/mol. The number of hydrogen-bond donors (Lipinski definition) is 0. The number of carboxylic acid groups (broad SMARTS) is 1. The summed E-state index contributed by atoms with van der Waals surface area (Å²) >= 11 is 0. The zero-order valence-corrected chi connectivity index (χ0v) is 64.7. The van der Waals surface area contributed by atoms with Gasteiger partial charge in [0, 0.05) is 12.8 Å². The van der Waals surface area contributed by atoms with Crippen LogP contribution >= 0.6 is 0 Å². The zero-order chi connectivity index (χ0) is 70.4. The molecule has 564 valence electrons. The summed E-state index contributed by atoms with van der Waals surface area (Å²) < 4.78 is 22.9. The minimum Gasteiger partial charge on any atom is -0.545 e. The lowest BCUT2D eigenvalue weighted by atomic mass is 10.0. The van der Waals surface area contributed by atoms with E-state index in [2.05, 4.69) is 98.9 Å². The summed E-state index contributed by atoms with van der Waals surface area (Å²) in [6.07, 6.45) is 104. The van der Waals surface area contributed by atoms with Crippen LogP contribution in [0.5, 0.6) is 0 Å². The van der Waals surface area contributed by atoms with Crippen LogP contribution in [-0.4, -0.2) is 82.3 Å². The molecule has 0 aromatic carbocycles. The largest absolute Gasteiger partial charge is 0.545 e. The minimum absolute atomic E-state index is 0.148. The number of quaternary nitrogens is 1. The van der Waals surface area contributed by atoms with E-state index in [9.17, 15) is 19.5 Å². The molecule has 0 aromatic heterocycles. The van der Waals surface area contributed by atoms with Gasteiger partial charge in [-0.25, -0.2) is 0 Å². The highest BCUT2D eigenvalue weighted by atomic mass is 16.7. The summed E-state index contributed by atoms with van der Waals surface area (Å²) in [5, 5.41) is 11.9. The van der Waals surface area contributed by atoms with Crippen molar-refractivity contribution in [2.45, 2.75) is 411 Å². The summed E-state index contributed by atoms with van der Waals surface area (Å²) in [7, 11) is 5.95. The lowest BCUT2D eigenvalue weighted by molar-refractivity contribution is -0.870. The van der Waals surface area contributed by atoms with Crippen LogP contribution in [0, 0.1) is 0 Å². The fourth-order valence-electron chi connectivity index (χ4n) is 12.3. The van der Waals surface area contributed by atoms with Crippen LogP contribution in [0.1, 0.15) is 399 Å². The van der Waals surface area contributed by atoms with E-state index in [4.69, 9.17) is 18.9 Å². The highest BCUT2D eigenvalue weighted by molar-refractivity contribution is 5.70. The summed E-state index contributed by atoms with van der Waals surface area (Å²) in [6.45, 7) is 4.70. The van der Waals surface area contributed by atoms with Crippen molar-refractivity contribution in [3.8, 4) is 0 Å². The molecule has 0 saturated carbocycles. The number of nitrogens with zero attached hydrogens (tertiary/aromatic N) is 1. The van der Waals surface area contributed by atoms with Gasteiger partial charge in [0.25, 0.3) is 0 Å². The van der Waals surface area contributed by atoms with E-state index in [0.29, 0.717) is 23.9 Å². The maximum Gasteiger partial charge on any atom is 0.306 e. The number of carbonyl (C=O) groups is 3. The molecular weight excluding hydrogens is 1200 g/mol. The quantitative estimate of drug-likeness (QED) is 0.0195. The number of aliphatic carboxylic acids is 1. The molecule has 0 heterocycles. The van der Waals surface area contributed by atoms with Gasteiger partial charge in [0.2, 0.25) is 0 Å². The molecule has 9 heteroatoms. The topological polar surface area (TPSA) is 111 Å². The van der Waals surface area contributed by atoms with Crippen molar-refractivity contribution in [3.63, 3.8) is 0 Å². The van der Waals surface area contributed by atoms with E-state index >= 15 is 0 Å². The first kappa shape index (κ1) is 93.5. The van der Waals surface area contributed by atoms with E-state index in [1.807, 2.05) is 21.1 Å². The van der Waals surface area contributed by atoms with Crippen LogP contribution in [0.3, 0.4) is 0 Å². The number of likely N-dealkylation sites (N-methyl/N-ethyl adjacent to an activating group) is 1. The summed E-state index contributed by atoms with van der Waals surface area (Å²) in [5.74, 6) is -2.26. The summed E-state index contributed by atoms with van der Waals surface area (Å²) in [4.78, 5) is 37.6. The Kier molecular flexibility index (Phi) is 75.3. The first-order valence-corrected chi connectivity index (χ1v) is 41.7. The third-order valence-electron chi connectivity index (χ3n) is 18.7. The molecule has 0 spiro atoms. The Bertz CT molecular complexity index is 1870. The molecule has 0 aliphatic carbocycles. The number of carboxylic acids is 1. The Morgan fingerprint density at radius 3 is 0.876 bits per heavy atom. The van der Waals surface area contributed by atoms with Crippen molar-refractivity contribution in [1.82, 2.24) is 0 Å². The van der Waals surface area contributed by atoms with Crippen molar-refractivity contribution >= 4 is 17.9 Å². The fourth-order valence-corrected chi connectivity index (χ4v) is 12.3. The second kappa shape index (κ2) is 78.2. The van der Waals surface area contributed by atoms with Gasteiger partial charge in [-0.2, -0.15) is 0 Å². The van der Waals surface area contributed by atoms with Crippen molar-refractivity contribution in [2.24, 2.45) is 0 Å². The first-order chi connectivity index (χ1) is 47.6. The SMILES string of the molecule is CC/C=C\C/C=C\C/C=C\C/C=C\C/C=C\C/C=C\C/C=C\CCCCCCCCCCCCCCCCCC(=O)OC(COC(=O)CCCCCCCCCCCCCCCCCCCCCCCCCCCCCCCCCCCCC)COC(OCC[N+](C)(C)C)C(=O)[O-]. The number of unbranched alkanes of at least 4 members (excludes halogenated alkanes) is 49. The third kappa shape index (κ3) is 79.7. The number of rotatable bonds is 78. The normalized spacial score (nSPS) is 13.0. The van der Waals surface area contributed by atoms with Crippen molar-refractivity contribution in [2.75, 3.05) is 47.5 Å². The van der Waals surface area contributed by atoms with Gasteiger partial charge in [0.15, 0.2) is 12.4 Å². The number of allylic oxidation sites excluding steroid dienone is 14. The molecule has 0 aromatic rings. The molecule has 0 saturated heterocycles. The fraction of sp³-hybridized carbons (Fsp3) is 0.807. The Morgan fingerprint density at radius 1 is 0.320 bits per heavy atom. The first-order valence-electron chi connectivity index (χ1n) is 41.7. The molecule has 0 bridgehead atoms. The maximum atomic E-state index is 13.0. The monoisotopic (exact) mass is 1360 g/mol. The van der Waals surface area contributed by atoms with Crippen molar-refractivity contribution in [1.29, 1.82) is 0 Å². The van der Waals surface area contributed by atoms with Crippen molar-refractivity contribution < 1.29 is 42.9 Å². The second-order valence-electron chi connectivity index (χ2n) is 29.4. The molecule has 0 fully saturated rings. The molecular formula is C88H159NO8. The van der Waals surface area contributed by atoms with Gasteiger partial charge in [-0.1, -0.05) is 401 Å². The Balaban J connectivity index is 3.98. The predicted octanol–water partition coefficient (Wildman–Crippen LogP) is 25.6. The summed E-state index contributed by atoms with van der Waals surface area (Å²) in [5.41, 5.74) is 0. The molecule has 2 unspecified atom stereocenters. The number of ether oxygens (including phenoxy) is 4.